The summed E-state index contributed by atoms with van der Waals surface area (Å²) in [5.74, 6) is 0.294. The van der Waals surface area contributed by atoms with Gasteiger partial charge in [0.2, 0.25) is 0 Å². The molecular weight excluding hydrogens is 258 g/mol. The first-order valence-electron chi connectivity index (χ1n) is 5.38. The highest BCUT2D eigenvalue weighted by Crippen LogP contribution is 2.27. The molecule has 0 aliphatic heterocycles. The van der Waals surface area contributed by atoms with Gasteiger partial charge in [-0.15, -0.1) is 11.6 Å². The van der Waals surface area contributed by atoms with Crippen molar-refractivity contribution in [2.75, 3.05) is 0 Å². The van der Waals surface area contributed by atoms with Gasteiger partial charge in [0.1, 0.15) is 23.1 Å². The van der Waals surface area contributed by atoms with Crippen molar-refractivity contribution in [1.29, 1.82) is 0 Å². The molecule has 0 saturated heterocycles. The van der Waals surface area contributed by atoms with Crippen LogP contribution in [0.2, 0.25) is 0 Å². The summed E-state index contributed by atoms with van der Waals surface area (Å²) in [6.07, 6.45) is 0. The Kier molecular flexibility index (Phi) is 3.82. The van der Waals surface area contributed by atoms with Gasteiger partial charge in [-0.2, -0.15) is 0 Å². The standard InChI is InChI=1S/C14H11ClF2O/c1-9-4-11(16)2-3-14(9)18-13-6-10(8-15)5-12(17)7-13/h2-7H,8H2,1H3. The maximum Gasteiger partial charge on any atom is 0.130 e. The van der Waals surface area contributed by atoms with Crippen molar-refractivity contribution in [1.82, 2.24) is 0 Å². The highest BCUT2D eigenvalue weighted by Gasteiger charge is 2.05. The number of hydrogen-bond donors (Lipinski definition) is 0. The molecule has 2 rings (SSSR count). The van der Waals surface area contributed by atoms with Crippen molar-refractivity contribution in [2.24, 2.45) is 0 Å². The molecule has 0 saturated carbocycles. The minimum Gasteiger partial charge on any atom is -0.457 e. The summed E-state index contributed by atoms with van der Waals surface area (Å²) in [4.78, 5) is 0. The van der Waals surface area contributed by atoms with Crippen LogP contribution in [-0.4, -0.2) is 0 Å². The van der Waals surface area contributed by atoms with Crippen LogP contribution in [0.25, 0.3) is 0 Å². The minimum atomic E-state index is -0.414. The van der Waals surface area contributed by atoms with Crippen molar-refractivity contribution in [2.45, 2.75) is 12.8 Å². The van der Waals surface area contributed by atoms with Crippen molar-refractivity contribution in [3.05, 3.63) is 59.2 Å². The Morgan fingerprint density at radius 3 is 2.50 bits per heavy atom. The molecule has 0 bridgehead atoms. The second-order valence-corrected chi connectivity index (χ2v) is 4.21. The van der Waals surface area contributed by atoms with Gasteiger partial charge in [-0.25, -0.2) is 8.78 Å². The molecule has 0 heterocycles. The summed E-state index contributed by atoms with van der Waals surface area (Å²) in [6.45, 7) is 1.72. The largest absolute Gasteiger partial charge is 0.457 e. The lowest BCUT2D eigenvalue weighted by Gasteiger charge is -2.09. The first-order valence-corrected chi connectivity index (χ1v) is 5.91. The molecule has 4 heteroatoms. The number of aryl methyl sites for hydroxylation is 1. The molecule has 0 amide bonds. The van der Waals surface area contributed by atoms with E-state index in [9.17, 15) is 8.78 Å². The predicted molar refractivity (Wildman–Crippen MR) is 67.2 cm³/mol. The maximum absolute atomic E-state index is 13.3. The highest BCUT2D eigenvalue weighted by molar-refractivity contribution is 6.17. The zero-order chi connectivity index (χ0) is 13.1. The van der Waals surface area contributed by atoms with Crippen molar-refractivity contribution >= 4 is 11.6 Å². The Morgan fingerprint density at radius 2 is 1.83 bits per heavy atom. The summed E-state index contributed by atoms with van der Waals surface area (Å²) in [6, 6.07) is 8.42. The van der Waals surface area contributed by atoms with E-state index in [0.717, 1.165) is 0 Å². The van der Waals surface area contributed by atoms with Gasteiger partial charge >= 0.3 is 0 Å². The second kappa shape index (κ2) is 5.36. The summed E-state index contributed by atoms with van der Waals surface area (Å²) in [5.41, 5.74) is 1.28. The van der Waals surface area contributed by atoms with Crippen LogP contribution in [0.15, 0.2) is 36.4 Å². The molecule has 94 valence electrons. The number of hydrogen-bond acceptors (Lipinski definition) is 1. The van der Waals surface area contributed by atoms with Crippen LogP contribution < -0.4 is 4.74 Å². The van der Waals surface area contributed by atoms with Gasteiger partial charge in [-0.05, 0) is 48.4 Å². The number of benzene rings is 2. The number of rotatable bonds is 3. The lowest BCUT2D eigenvalue weighted by atomic mass is 10.2. The van der Waals surface area contributed by atoms with Crippen LogP contribution in [0.4, 0.5) is 8.78 Å². The smallest absolute Gasteiger partial charge is 0.130 e. The molecule has 0 atom stereocenters. The zero-order valence-corrected chi connectivity index (χ0v) is 10.5. The molecule has 18 heavy (non-hydrogen) atoms. The van der Waals surface area contributed by atoms with Crippen LogP contribution in [0, 0.1) is 18.6 Å². The van der Waals surface area contributed by atoms with E-state index < -0.39 is 5.82 Å². The Labute approximate surface area is 109 Å². The van der Waals surface area contributed by atoms with Crippen LogP contribution in [-0.2, 0) is 5.88 Å². The van der Waals surface area contributed by atoms with Gasteiger partial charge < -0.3 is 4.74 Å². The first kappa shape index (κ1) is 12.8. The van der Waals surface area contributed by atoms with Gasteiger partial charge in [0.05, 0.1) is 0 Å². The second-order valence-electron chi connectivity index (χ2n) is 3.94. The number of halogens is 3. The van der Waals surface area contributed by atoms with Crippen LogP contribution in [0.3, 0.4) is 0 Å². The van der Waals surface area contributed by atoms with Gasteiger partial charge in [0.15, 0.2) is 0 Å². The molecule has 0 aliphatic rings. The molecule has 0 radical (unpaired) electrons. The van der Waals surface area contributed by atoms with Crippen LogP contribution in [0.5, 0.6) is 11.5 Å². The van der Waals surface area contributed by atoms with Gasteiger partial charge in [-0.3, -0.25) is 0 Å². The Morgan fingerprint density at radius 1 is 1.06 bits per heavy atom. The van der Waals surface area contributed by atoms with Gasteiger partial charge in [0.25, 0.3) is 0 Å². The summed E-state index contributed by atoms with van der Waals surface area (Å²) < 4.78 is 31.7. The minimum absolute atomic E-state index is 0.205. The van der Waals surface area contributed by atoms with Gasteiger partial charge in [-0.1, -0.05) is 0 Å². The molecule has 1 nitrogen and oxygen atoms in total. The fraction of sp³-hybridized carbons (Fsp3) is 0.143. The van der Waals surface area contributed by atoms with E-state index >= 15 is 0 Å². The highest BCUT2D eigenvalue weighted by atomic mass is 35.5. The van der Waals surface area contributed by atoms with Crippen molar-refractivity contribution < 1.29 is 13.5 Å². The van der Waals surface area contributed by atoms with E-state index in [1.165, 1.54) is 30.3 Å². The first-order chi connectivity index (χ1) is 8.58. The van der Waals surface area contributed by atoms with E-state index in [1.807, 2.05) is 0 Å². The Bertz CT molecular complexity index is 570. The van der Waals surface area contributed by atoms with E-state index in [0.29, 0.717) is 22.6 Å². The molecule has 0 aliphatic carbocycles. The van der Waals surface area contributed by atoms with E-state index in [2.05, 4.69) is 0 Å². The number of ether oxygens (including phenoxy) is 1. The molecule has 0 unspecified atom stereocenters. The zero-order valence-electron chi connectivity index (χ0n) is 9.71. The third-order valence-corrected chi connectivity index (χ3v) is 2.76. The third-order valence-electron chi connectivity index (χ3n) is 2.45. The summed E-state index contributed by atoms with van der Waals surface area (Å²) in [5, 5.41) is 0. The number of alkyl halides is 1. The average molecular weight is 269 g/mol. The molecule has 2 aromatic carbocycles. The Balaban J connectivity index is 2.30. The topological polar surface area (TPSA) is 9.23 Å². The molecule has 2 aromatic rings. The summed E-state index contributed by atoms with van der Waals surface area (Å²) >= 11 is 5.65. The van der Waals surface area contributed by atoms with Gasteiger partial charge in [0, 0.05) is 11.9 Å². The van der Waals surface area contributed by atoms with Crippen LogP contribution >= 0.6 is 11.6 Å². The quantitative estimate of drug-likeness (QED) is 0.726. The lowest BCUT2D eigenvalue weighted by Crippen LogP contribution is -1.91. The fourth-order valence-corrected chi connectivity index (χ4v) is 1.77. The normalized spacial score (nSPS) is 10.4. The van der Waals surface area contributed by atoms with E-state index in [4.69, 9.17) is 16.3 Å². The summed E-state index contributed by atoms with van der Waals surface area (Å²) in [7, 11) is 0. The predicted octanol–water partition coefficient (Wildman–Crippen LogP) is 4.80. The molecule has 0 aromatic heterocycles. The Hall–Kier alpha value is -1.61. The van der Waals surface area contributed by atoms with Crippen molar-refractivity contribution in [3.8, 4) is 11.5 Å². The maximum atomic E-state index is 13.3. The lowest BCUT2D eigenvalue weighted by molar-refractivity contribution is 0.470. The SMILES string of the molecule is Cc1cc(F)ccc1Oc1cc(F)cc(CCl)c1. The van der Waals surface area contributed by atoms with Crippen LogP contribution in [0.1, 0.15) is 11.1 Å². The molecule has 0 fully saturated rings. The third kappa shape index (κ3) is 2.99. The average Bonchev–Trinajstić information content (AvgIpc) is 2.32. The molecule has 0 N–H and O–H groups in total. The monoisotopic (exact) mass is 268 g/mol. The molecular formula is C14H11ClF2O. The fourth-order valence-electron chi connectivity index (χ4n) is 1.61. The van der Waals surface area contributed by atoms with E-state index in [1.54, 1.807) is 13.0 Å². The van der Waals surface area contributed by atoms with E-state index in [-0.39, 0.29) is 11.7 Å². The van der Waals surface area contributed by atoms with Crippen molar-refractivity contribution in [3.63, 3.8) is 0 Å². The molecule has 0 spiro atoms.